The lowest BCUT2D eigenvalue weighted by Crippen LogP contribution is -2.40. The minimum absolute atomic E-state index is 0.174. The predicted octanol–water partition coefficient (Wildman–Crippen LogP) is 3.63. The molecule has 0 saturated heterocycles. The fourth-order valence-corrected chi connectivity index (χ4v) is 3.65. The minimum atomic E-state index is -0.174. The second-order valence-corrected chi connectivity index (χ2v) is 6.89. The second kappa shape index (κ2) is 7.44. The molecule has 0 radical (unpaired) electrons. The molecule has 5 rings (SSSR count). The van der Waals surface area contributed by atoms with E-state index in [1.54, 1.807) is 31.0 Å². The zero-order chi connectivity index (χ0) is 19.6. The molecule has 6 nitrogen and oxygen atoms in total. The molecule has 7 heteroatoms. The molecule has 29 heavy (non-hydrogen) atoms. The van der Waals surface area contributed by atoms with Gasteiger partial charge in [-0.05, 0) is 36.2 Å². The number of hydrogen-bond donors (Lipinski definition) is 2. The quantitative estimate of drug-likeness (QED) is 0.717. The van der Waals surface area contributed by atoms with Gasteiger partial charge in [-0.1, -0.05) is 18.2 Å². The molecule has 0 fully saturated rings. The number of pyridine rings is 2. The van der Waals surface area contributed by atoms with Crippen molar-refractivity contribution in [2.75, 3.05) is 18.4 Å². The summed E-state index contributed by atoms with van der Waals surface area (Å²) in [5.74, 6) is 0.594. The number of aromatic nitrogens is 2. The number of halogens is 1. The molecule has 4 heterocycles. The third-order valence-corrected chi connectivity index (χ3v) is 5.07. The van der Waals surface area contributed by atoms with Crippen molar-refractivity contribution >= 4 is 29.1 Å². The van der Waals surface area contributed by atoms with E-state index >= 15 is 0 Å². The highest BCUT2D eigenvalue weighted by Crippen LogP contribution is 2.40. The summed E-state index contributed by atoms with van der Waals surface area (Å²) in [7, 11) is 0. The van der Waals surface area contributed by atoms with Crippen molar-refractivity contribution in [3.63, 3.8) is 0 Å². The van der Waals surface area contributed by atoms with Gasteiger partial charge in [0.05, 0.1) is 24.1 Å². The van der Waals surface area contributed by atoms with E-state index in [1.807, 2.05) is 35.3 Å². The van der Waals surface area contributed by atoms with E-state index in [1.165, 1.54) is 6.07 Å². The van der Waals surface area contributed by atoms with Crippen molar-refractivity contribution < 1.29 is 4.39 Å². The van der Waals surface area contributed by atoms with Crippen LogP contribution in [0.4, 0.5) is 15.9 Å². The third-order valence-electron chi connectivity index (χ3n) is 5.07. The maximum Gasteiger partial charge on any atom is 0.139 e. The Morgan fingerprint density at radius 3 is 2.93 bits per heavy atom. The molecule has 2 aliphatic rings. The fourth-order valence-electron chi connectivity index (χ4n) is 3.65. The molecule has 0 amide bonds. The Hall–Kier alpha value is -3.58. The first-order chi connectivity index (χ1) is 14.3. The van der Waals surface area contributed by atoms with Crippen molar-refractivity contribution in [3.8, 4) is 0 Å². The standard InChI is InChI=1S/C22H19FN6/c23-19-6-2-1-4-15(19)7-11-27-29-13-18-16-8-10-24-12-20(16)28-22-17(5-3-9-25-22)21(18)26-14-29/h1-6,8-10,12,14,27H,7,11,13H2,(H,25,28). The van der Waals surface area contributed by atoms with Crippen LogP contribution in [0.1, 0.15) is 16.7 Å². The lowest BCUT2D eigenvalue weighted by atomic mass is 10.0. The van der Waals surface area contributed by atoms with Gasteiger partial charge in [-0.15, -0.1) is 0 Å². The predicted molar refractivity (Wildman–Crippen MR) is 112 cm³/mol. The van der Waals surface area contributed by atoms with Gasteiger partial charge < -0.3 is 5.32 Å². The highest BCUT2D eigenvalue weighted by atomic mass is 19.1. The van der Waals surface area contributed by atoms with Gasteiger partial charge >= 0.3 is 0 Å². The minimum Gasteiger partial charge on any atom is -0.338 e. The lowest BCUT2D eigenvalue weighted by Gasteiger charge is -2.27. The Morgan fingerprint density at radius 2 is 2.00 bits per heavy atom. The van der Waals surface area contributed by atoms with E-state index in [9.17, 15) is 4.39 Å². The largest absolute Gasteiger partial charge is 0.338 e. The first-order valence-corrected chi connectivity index (χ1v) is 9.47. The van der Waals surface area contributed by atoms with Gasteiger partial charge in [0.2, 0.25) is 0 Å². The van der Waals surface area contributed by atoms with E-state index in [0.29, 0.717) is 25.1 Å². The summed E-state index contributed by atoms with van der Waals surface area (Å²) in [5, 5.41) is 5.31. The van der Waals surface area contributed by atoms with Crippen molar-refractivity contribution in [2.24, 2.45) is 4.99 Å². The van der Waals surface area contributed by atoms with Gasteiger partial charge in [0.1, 0.15) is 18.0 Å². The summed E-state index contributed by atoms with van der Waals surface area (Å²) >= 11 is 0. The van der Waals surface area contributed by atoms with E-state index in [-0.39, 0.29) is 5.82 Å². The Morgan fingerprint density at radius 1 is 1.07 bits per heavy atom. The van der Waals surface area contributed by atoms with Crippen molar-refractivity contribution in [2.45, 2.75) is 6.42 Å². The van der Waals surface area contributed by atoms with Crippen LogP contribution >= 0.6 is 0 Å². The number of fused-ring (bicyclic) bond motifs is 4. The summed E-state index contributed by atoms with van der Waals surface area (Å²) in [6.07, 6.45) is 7.72. The second-order valence-electron chi connectivity index (χ2n) is 6.89. The van der Waals surface area contributed by atoms with Gasteiger partial charge in [-0.3, -0.25) is 9.99 Å². The van der Waals surface area contributed by atoms with E-state index < -0.39 is 0 Å². The fraction of sp³-hybridized carbons (Fsp3) is 0.136. The zero-order valence-corrected chi connectivity index (χ0v) is 15.6. The normalized spacial score (nSPS) is 14.6. The van der Waals surface area contributed by atoms with Crippen LogP contribution in [0.25, 0.3) is 11.3 Å². The van der Waals surface area contributed by atoms with Gasteiger partial charge in [0, 0.05) is 35.6 Å². The van der Waals surface area contributed by atoms with Gasteiger partial charge in [0.25, 0.3) is 0 Å². The number of aliphatic imine (C=N–C) groups is 1. The monoisotopic (exact) mass is 386 g/mol. The van der Waals surface area contributed by atoms with E-state index in [2.05, 4.69) is 20.7 Å². The van der Waals surface area contributed by atoms with Crippen molar-refractivity contribution in [3.05, 3.63) is 83.6 Å². The Bertz CT molecular complexity index is 1120. The van der Waals surface area contributed by atoms with Crippen molar-refractivity contribution in [1.29, 1.82) is 0 Å². The number of benzene rings is 1. The van der Waals surface area contributed by atoms with Crippen LogP contribution in [0.15, 0.2) is 66.0 Å². The molecule has 0 bridgehead atoms. The Labute approximate surface area is 167 Å². The average Bonchev–Trinajstić information content (AvgIpc) is 2.89. The van der Waals surface area contributed by atoms with Crippen LogP contribution in [-0.2, 0) is 6.42 Å². The van der Waals surface area contributed by atoms with Crippen LogP contribution in [0.3, 0.4) is 0 Å². The molecule has 2 aromatic heterocycles. The average molecular weight is 386 g/mol. The zero-order valence-electron chi connectivity index (χ0n) is 15.6. The molecule has 2 N–H and O–H groups in total. The summed E-state index contributed by atoms with van der Waals surface area (Å²) < 4.78 is 13.8. The van der Waals surface area contributed by atoms with E-state index in [4.69, 9.17) is 4.99 Å². The topological polar surface area (TPSA) is 65.4 Å². The molecule has 0 saturated carbocycles. The van der Waals surface area contributed by atoms with Gasteiger partial charge in [0.15, 0.2) is 0 Å². The maximum atomic E-state index is 13.8. The highest BCUT2D eigenvalue weighted by molar-refractivity contribution is 6.03. The van der Waals surface area contributed by atoms with Gasteiger partial charge in [-0.25, -0.2) is 19.8 Å². The third kappa shape index (κ3) is 3.36. The Kier molecular flexibility index (Phi) is 4.50. The first kappa shape index (κ1) is 17.5. The van der Waals surface area contributed by atoms with Crippen LogP contribution in [0.5, 0.6) is 0 Å². The number of nitrogens with one attached hydrogen (secondary N) is 2. The summed E-state index contributed by atoms with van der Waals surface area (Å²) in [5.41, 5.74) is 8.93. The summed E-state index contributed by atoms with van der Waals surface area (Å²) in [4.78, 5) is 13.4. The van der Waals surface area contributed by atoms with Crippen molar-refractivity contribution in [1.82, 2.24) is 20.4 Å². The van der Waals surface area contributed by atoms with Crippen LogP contribution in [0.2, 0.25) is 0 Å². The van der Waals surface area contributed by atoms with Crippen LogP contribution in [-0.4, -0.2) is 34.4 Å². The maximum absolute atomic E-state index is 13.8. The molecular formula is C22H19FN6. The number of nitrogens with zero attached hydrogens (tertiary/aromatic N) is 4. The van der Waals surface area contributed by atoms with E-state index in [0.717, 1.165) is 33.9 Å². The molecule has 3 aromatic rings. The number of anilines is 2. The SMILES string of the molecule is Fc1ccccc1CCNN1C=NC2=C(C1)c1ccncc1Nc1ncccc12. The lowest BCUT2D eigenvalue weighted by molar-refractivity contribution is 0.350. The molecule has 1 aromatic carbocycles. The van der Waals surface area contributed by atoms with Crippen LogP contribution < -0.4 is 10.7 Å². The smallest absolute Gasteiger partial charge is 0.139 e. The highest BCUT2D eigenvalue weighted by Gasteiger charge is 2.25. The summed E-state index contributed by atoms with van der Waals surface area (Å²) in [6.45, 7) is 1.23. The molecule has 0 unspecified atom stereocenters. The Balaban J connectivity index is 1.40. The molecule has 0 aliphatic carbocycles. The molecule has 144 valence electrons. The molecule has 2 aliphatic heterocycles. The number of hydrazine groups is 1. The molecule has 0 spiro atoms. The van der Waals surface area contributed by atoms with Crippen LogP contribution in [0, 0.1) is 5.82 Å². The summed E-state index contributed by atoms with van der Waals surface area (Å²) in [6, 6.07) is 12.8. The number of hydrogen-bond acceptors (Lipinski definition) is 6. The van der Waals surface area contributed by atoms with Gasteiger partial charge in [-0.2, -0.15) is 0 Å². The molecule has 0 atom stereocenters. The number of rotatable bonds is 4. The molecular weight excluding hydrogens is 367 g/mol. The first-order valence-electron chi connectivity index (χ1n) is 9.47.